The van der Waals surface area contributed by atoms with Gasteiger partial charge in [0.2, 0.25) is 0 Å². The molecule has 0 amide bonds. The molecule has 2 fully saturated rings. The van der Waals surface area contributed by atoms with Crippen LogP contribution in [0.2, 0.25) is 0 Å². The summed E-state index contributed by atoms with van der Waals surface area (Å²) in [6.45, 7) is 11.5. The Morgan fingerprint density at radius 2 is 1.68 bits per heavy atom. The summed E-state index contributed by atoms with van der Waals surface area (Å²) in [7, 11) is 0. The molecule has 0 radical (unpaired) electrons. The monoisotopic (exact) mass is 267 g/mol. The Morgan fingerprint density at radius 3 is 2.21 bits per heavy atom. The van der Waals surface area contributed by atoms with Gasteiger partial charge in [0.25, 0.3) is 0 Å². The van der Waals surface area contributed by atoms with Crippen molar-refractivity contribution in [2.24, 2.45) is 23.7 Å². The van der Waals surface area contributed by atoms with E-state index in [1.54, 1.807) is 0 Å². The lowest BCUT2D eigenvalue weighted by atomic mass is 9.71. The van der Waals surface area contributed by atoms with Crippen LogP contribution in [0.3, 0.4) is 0 Å². The summed E-state index contributed by atoms with van der Waals surface area (Å²) in [5, 5.41) is 3.86. The second-order valence-corrected chi connectivity index (χ2v) is 7.30. The highest BCUT2D eigenvalue weighted by Crippen LogP contribution is 2.38. The second-order valence-electron chi connectivity index (χ2n) is 7.30. The van der Waals surface area contributed by atoms with E-state index in [4.69, 9.17) is 4.74 Å². The average molecular weight is 267 g/mol. The Hall–Kier alpha value is -0.0800. The Kier molecular flexibility index (Phi) is 5.70. The molecule has 1 saturated heterocycles. The first-order valence-electron chi connectivity index (χ1n) is 8.45. The van der Waals surface area contributed by atoms with Crippen LogP contribution in [0, 0.1) is 23.7 Å². The van der Waals surface area contributed by atoms with Crippen LogP contribution < -0.4 is 5.32 Å². The molecule has 0 aromatic rings. The molecule has 1 aliphatic heterocycles. The van der Waals surface area contributed by atoms with Crippen LogP contribution >= 0.6 is 0 Å². The van der Waals surface area contributed by atoms with Gasteiger partial charge in [0.1, 0.15) is 0 Å². The number of nitrogens with one attached hydrogen (secondary N) is 1. The molecule has 2 aliphatic rings. The normalized spacial score (nSPS) is 41.4. The predicted molar refractivity (Wildman–Crippen MR) is 81.3 cm³/mol. The van der Waals surface area contributed by atoms with Crippen molar-refractivity contribution in [2.75, 3.05) is 13.2 Å². The smallest absolute Gasteiger partial charge is 0.0551 e. The van der Waals surface area contributed by atoms with E-state index < -0.39 is 0 Å². The van der Waals surface area contributed by atoms with Crippen molar-refractivity contribution >= 4 is 0 Å². The third kappa shape index (κ3) is 4.19. The van der Waals surface area contributed by atoms with Gasteiger partial charge in [-0.3, -0.25) is 0 Å². The summed E-state index contributed by atoms with van der Waals surface area (Å²) in [5.74, 6) is 3.41. The lowest BCUT2D eigenvalue weighted by molar-refractivity contribution is 0.102. The summed E-state index contributed by atoms with van der Waals surface area (Å²) in [5.41, 5.74) is 0. The topological polar surface area (TPSA) is 21.3 Å². The van der Waals surface area contributed by atoms with Crippen LogP contribution in [0.5, 0.6) is 0 Å². The van der Waals surface area contributed by atoms with E-state index in [0.29, 0.717) is 12.1 Å². The molecular weight excluding hydrogens is 234 g/mol. The Bertz CT molecular complexity index is 258. The summed E-state index contributed by atoms with van der Waals surface area (Å²) in [6.07, 6.45) is 7.20. The molecule has 2 rings (SSSR count). The zero-order valence-electron chi connectivity index (χ0n) is 13.3. The Balaban J connectivity index is 1.99. The van der Waals surface area contributed by atoms with Gasteiger partial charge in [-0.1, -0.05) is 20.8 Å². The quantitative estimate of drug-likeness (QED) is 0.817. The minimum atomic E-state index is 0.467. The van der Waals surface area contributed by atoms with Crippen molar-refractivity contribution in [1.29, 1.82) is 0 Å². The Labute approximate surface area is 119 Å². The SMILES string of the molecule is CCCNC(C1CC(C)CC(C)C1)C1COC(C)C1. The summed E-state index contributed by atoms with van der Waals surface area (Å²) in [6, 6.07) is 0.690. The number of hydrogen-bond acceptors (Lipinski definition) is 2. The molecule has 0 aromatic carbocycles. The number of ether oxygens (including phenoxy) is 1. The lowest BCUT2D eigenvalue weighted by Gasteiger charge is -2.39. The number of hydrogen-bond donors (Lipinski definition) is 1. The van der Waals surface area contributed by atoms with Crippen LogP contribution in [0.1, 0.15) is 59.8 Å². The van der Waals surface area contributed by atoms with Crippen LogP contribution in [-0.2, 0) is 4.74 Å². The minimum Gasteiger partial charge on any atom is -0.378 e. The van der Waals surface area contributed by atoms with Gasteiger partial charge < -0.3 is 10.1 Å². The van der Waals surface area contributed by atoms with Crippen LogP contribution in [-0.4, -0.2) is 25.3 Å². The van der Waals surface area contributed by atoms with Gasteiger partial charge in [-0.25, -0.2) is 0 Å². The van der Waals surface area contributed by atoms with Crippen molar-refractivity contribution in [2.45, 2.75) is 71.9 Å². The van der Waals surface area contributed by atoms with Gasteiger partial charge in [0, 0.05) is 12.0 Å². The molecule has 5 unspecified atom stereocenters. The predicted octanol–water partition coefficient (Wildman–Crippen LogP) is 3.85. The van der Waals surface area contributed by atoms with Crippen molar-refractivity contribution < 1.29 is 4.74 Å². The van der Waals surface area contributed by atoms with Gasteiger partial charge in [-0.05, 0) is 63.3 Å². The summed E-state index contributed by atoms with van der Waals surface area (Å²) < 4.78 is 5.83. The molecule has 5 atom stereocenters. The molecule has 0 spiro atoms. The highest BCUT2D eigenvalue weighted by atomic mass is 16.5. The maximum Gasteiger partial charge on any atom is 0.0551 e. The Morgan fingerprint density at radius 1 is 1.00 bits per heavy atom. The van der Waals surface area contributed by atoms with Crippen molar-refractivity contribution in [3.63, 3.8) is 0 Å². The molecule has 2 nitrogen and oxygen atoms in total. The van der Waals surface area contributed by atoms with Gasteiger partial charge in [0.05, 0.1) is 12.7 Å². The zero-order valence-corrected chi connectivity index (χ0v) is 13.3. The fraction of sp³-hybridized carbons (Fsp3) is 1.00. The molecule has 1 heterocycles. The first-order valence-corrected chi connectivity index (χ1v) is 8.45. The highest BCUT2D eigenvalue weighted by molar-refractivity contribution is 4.90. The van der Waals surface area contributed by atoms with E-state index in [1.165, 1.54) is 32.1 Å². The van der Waals surface area contributed by atoms with E-state index in [2.05, 4.69) is 33.0 Å². The molecule has 1 aliphatic carbocycles. The van der Waals surface area contributed by atoms with Crippen molar-refractivity contribution in [3.8, 4) is 0 Å². The van der Waals surface area contributed by atoms with Gasteiger partial charge in [-0.2, -0.15) is 0 Å². The summed E-state index contributed by atoms with van der Waals surface area (Å²) in [4.78, 5) is 0. The van der Waals surface area contributed by atoms with Gasteiger partial charge >= 0.3 is 0 Å². The van der Waals surface area contributed by atoms with E-state index in [9.17, 15) is 0 Å². The minimum absolute atomic E-state index is 0.467. The zero-order chi connectivity index (χ0) is 13.8. The highest BCUT2D eigenvalue weighted by Gasteiger charge is 2.37. The molecule has 1 saturated carbocycles. The van der Waals surface area contributed by atoms with Gasteiger partial charge in [0.15, 0.2) is 0 Å². The van der Waals surface area contributed by atoms with Crippen LogP contribution in [0.25, 0.3) is 0 Å². The maximum absolute atomic E-state index is 5.83. The number of rotatable bonds is 5. The molecule has 19 heavy (non-hydrogen) atoms. The van der Waals surface area contributed by atoms with Crippen LogP contribution in [0.15, 0.2) is 0 Å². The van der Waals surface area contributed by atoms with E-state index in [0.717, 1.165) is 36.8 Å². The molecule has 0 aromatic heterocycles. The third-order valence-corrected chi connectivity index (χ3v) is 5.09. The van der Waals surface area contributed by atoms with Gasteiger partial charge in [-0.15, -0.1) is 0 Å². The average Bonchev–Trinajstić information content (AvgIpc) is 2.75. The fourth-order valence-corrected chi connectivity index (χ4v) is 4.43. The molecule has 2 heteroatoms. The first kappa shape index (κ1) is 15.3. The van der Waals surface area contributed by atoms with Crippen molar-refractivity contribution in [1.82, 2.24) is 5.32 Å². The van der Waals surface area contributed by atoms with E-state index in [-0.39, 0.29) is 0 Å². The first-order chi connectivity index (χ1) is 9.10. The van der Waals surface area contributed by atoms with E-state index >= 15 is 0 Å². The van der Waals surface area contributed by atoms with E-state index in [1.807, 2.05) is 0 Å². The fourth-order valence-electron chi connectivity index (χ4n) is 4.43. The van der Waals surface area contributed by atoms with Crippen LogP contribution in [0.4, 0.5) is 0 Å². The standard InChI is InChI=1S/C17H33NO/c1-5-6-18-17(16-10-14(4)19-11-16)15-8-12(2)7-13(3)9-15/h12-18H,5-11H2,1-4H3. The summed E-state index contributed by atoms with van der Waals surface area (Å²) >= 11 is 0. The molecule has 112 valence electrons. The maximum atomic E-state index is 5.83. The third-order valence-electron chi connectivity index (χ3n) is 5.09. The molecule has 0 bridgehead atoms. The molecule has 1 N–H and O–H groups in total. The molecular formula is C17H33NO. The van der Waals surface area contributed by atoms with Crippen molar-refractivity contribution in [3.05, 3.63) is 0 Å². The second kappa shape index (κ2) is 7.08. The largest absolute Gasteiger partial charge is 0.378 e. The lowest BCUT2D eigenvalue weighted by Crippen LogP contribution is -2.45.